The standard InChI is InChI=1S/C7H7F2NS2.C2H6/c1-4-2-5(11-8)3-6(12-9)7(4)10;1-2/h2-3H,10H2,1H3;1-2H3. The summed E-state index contributed by atoms with van der Waals surface area (Å²) in [6.45, 7) is 5.72. The van der Waals surface area contributed by atoms with Crippen LogP contribution in [0.15, 0.2) is 21.9 Å². The van der Waals surface area contributed by atoms with E-state index in [4.69, 9.17) is 5.73 Å². The van der Waals surface area contributed by atoms with E-state index in [-0.39, 0.29) is 29.2 Å². The van der Waals surface area contributed by atoms with Gasteiger partial charge in [0.25, 0.3) is 0 Å². The van der Waals surface area contributed by atoms with Gasteiger partial charge in [-0.3, -0.25) is 0 Å². The Morgan fingerprint density at radius 1 is 1.14 bits per heavy atom. The number of nitrogen functional groups attached to an aromatic ring is 1. The zero-order valence-electron chi connectivity index (χ0n) is 8.30. The highest BCUT2D eigenvalue weighted by Gasteiger charge is 2.06. The Bertz CT molecular complexity index is 292. The first-order valence-corrected chi connectivity index (χ1v) is 5.59. The number of hydrogen-bond donors (Lipinski definition) is 1. The normalized spacial score (nSPS) is 9.21. The van der Waals surface area contributed by atoms with Gasteiger partial charge in [0.2, 0.25) is 0 Å². The van der Waals surface area contributed by atoms with Crippen LogP contribution in [0, 0.1) is 6.92 Å². The third kappa shape index (κ3) is 3.38. The van der Waals surface area contributed by atoms with Gasteiger partial charge in [0.05, 0.1) is 34.9 Å². The molecule has 0 fully saturated rings. The van der Waals surface area contributed by atoms with Gasteiger partial charge in [-0.1, -0.05) is 13.8 Å². The van der Waals surface area contributed by atoms with E-state index in [1.54, 1.807) is 13.0 Å². The summed E-state index contributed by atoms with van der Waals surface area (Å²) < 4.78 is 24.3. The molecule has 5 heteroatoms. The second kappa shape index (κ2) is 6.95. The van der Waals surface area contributed by atoms with Gasteiger partial charge in [0, 0.05) is 4.90 Å². The molecule has 2 N–H and O–H groups in total. The summed E-state index contributed by atoms with van der Waals surface area (Å²) in [6.07, 6.45) is 0. The van der Waals surface area contributed by atoms with Crippen LogP contribution in [0.25, 0.3) is 0 Å². The number of benzene rings is 1. The molecule has 0 saturated heterocycles. The van der Waals surface area contributed by atoms with Gasteiger partial charge in [-0.05, 0) is 24.6 Å². The zero-order valence-corrected chi connectivity index (χ0v) is 9.94. The molecule has 0 saturated carbocycles. The summed E-state index contributed by atoms with van der Waals surface area (Å²) >= 11 is 0.120. The average Bonchev–Trinajstić information content (AvgIpc) is 2.24. The maximum atomic E-state index is 12.2. The Labute approximate surface area is 92.0 Å². The SMILES string of the molecule is CC.Cc1cc(SF)cc(SF)c1N. The summed E-state index contributed by atoms with van der Waals surface area (Å²) in [6, 6.07) is 2.97. The predicted molar refractivity (Wildman–Crippen MR) is 60.9 cm³/mol. The second-order valence-corrected chi connectivity index (χ2v) is 3.53. The smallest absolute Gasteiger partial charge is 0.0834 e. The molecule has 0 spiro atoms. The Balaban J connectivity index is 0.000000791. The lowest BCUT2D eigenvalue weighted by molar-refractivity contribution is 0.926. The van der Waals surface area contributed by atoms with Gasteiger partial charge in [0.1, 0.15) is 0 Å². The number of halogens is 2. The minimum atomic E-state index is 0.0341. The van der Waals surface area contributed by atoms with Crippen molar-refractivity contribution in [3.63, 3.8) is 0 Å². The van der Waals surface area contributed by atoms with Gasteiger partial charge >= 0.3 is 0 Å². The van der Waals surface area contributed by atoms with Crippen molar-refractivity contribution in [1.29, 1.82) is 0 Å². The van der Waals surface area contributed by atoms with Crippen LogP contribution in [0.5, 0.6) is 0 Å². The highest BCUT2D eigenvalue weighted by atomic mass is 32.2. The molecule has 0 aliphatic heterocycles. The average molecular weight is 237 g/mol. The predicted octanol–water partition coefficient (Wildman–Crippen LogP) is 4.56. The lowest BCUT2D eigenvalue weighted by Crippen LogP contribution is -1.91. The van der Waals surface area contributed by atoms with Crippen molar-refractivity contribution in [2.24, 2.45) is 0 Å². The Morgan fingerprint density at radius 2 is 1.71 bits per heavy atom. The molecule has 1 aromatic rings. The maximum Gasteiger partial charge on any atom is 0.0834 e. The lowest BCUT2D eigenvalue weighted by atomic mass is 10.2. The van der Waals surface area contributed by atoms with Crippen LogP contribution in [0.4, 0.5) is 13.5 Å². The topological polar surface area (TPSA) is 26.0 Å². The molecule has 1 nitrogen and oxygen atoms in total. The molecule has 0 atom stereocenters. The summed E-state index contributed by atoms with van der Waals surface area (Å²) in [5.41, 5.74) is 6.59. The first-order valence-electron chi connectivity index (χ1n) is 4.16. The quantitative estimate of drug-likeness (QED) is 0.764. The third-order valence-corrected chi connectivity index (χ3v) is 2.41. The first kappa shape index (κ1) is 13.6. The molecule has 14 heavy (non-hydrogen) atoms. The van der Waals surface area contributed by atoms with Crippen LogP contribution < -0.4 is 5.73 Å². The first-order chi connectivity index (χ1) is 6.69. The van der Waals surface area contributed by atoms with Crippen molar-refractivity contribution in [3.8, 4) is 0 Å². The minimum absolute atomic E-state index is 0.0341. The molecule has 0 aromatic heterocycles. The van der Waals surface area contributed by atoms with Crippen LogP contribution in [0.2, 0.25) is 0 Å². The van der Waals surface area contributed by atoms with E-state index >= 15 is 0 Å². The molecule has 0 radical (unpaired) electrons. The molecule has 80 valence electrons. The largest absolute Gasteiger partial charge is 0.398 e. The van der Waals surface area contributed by atoms with Crippen molar-refractivity contribution in [2.75, 3.05) is 5.73 Å². The van der Waals surface area contributed by atoms with Crippen LogP contribution in [-0.2, 0) is 0 Å². The van der Waals surface area contributed by atoms with Gasteiger partial charge in [-0.25, -0.2) is 0 Å². The van der Waals surface area contributed by atoms with E-state index in [9.17, 15) is 7.77 Å². The number of nitrogens with two attached hydrogens (primary N) is 1. The fourth-order valence-corrected chi connectivity index (χ4v) is 1.72. The third-order valence-electron chi connectivity index (χ3n) is 1.49. The molecule has 1 rings (SSSR count). The number of anilines is 1. The number of hydrogen-bond acceptors (Lipinski definition) is 3. The van der Waals surface area contributed by atoms with E-state index in [1.165, 1.54) is 6.07 Å². The number of rotatable bonds is 2. The fraction of sp³-hybridized carbons (Fsp3) is 0.333. The van der Waals surface area contributed by atoms with Crippen molar-refractivity contribution < 1.29 is 7.77 Å². The maximum absolute atomic E-state index is 12.2. The Kier molecular flexibility index (Phi) is 6.74. The molecule has 0 amide bonds. The van der Waals surface area contributed by atoms with Gasteiger partial charge in [0.15, 0.2) is 0 Å². The van der Waals surface area contributed by atoms with E-state index in [0.29, 0.717) is 16.1 Å². The van der Waals surface area contributed by atoms with Crippen molar-refractivity contribution >= 4 is 30.0 Å². The number of aryl methyl sites for hydroxylation is 1. The molecule has 0 aliphatic rings. The molecule has 0 heterocycles. The van der Waals surface area contributed by atoms with E-state index in [1.807, 2.05) is 13.8 Å². The highest BCUT2D eigenvalue weighted by Crippen LogP contribution is 2.33. The van der Waals surface area contributed by atoms with Crippen LogP contribution in [0.1, 0.15) is 19.4 Å². The van der Waals surface area contributed by atoms with E-state index in [0.717, 1.165) is 0 Å². The van der Waals surface area contributed by atoms with E-state index < -0.39 is 0 Å². The zero-order chi connectivity index (χ0) is 11.1. The summed E-state index contributed by atoms with van der Waals surface area (Å²) in [7, 11) is 0. The fourth-order valence-electron chi connectivity index (χ4n) is 0.842. The van der Waals surface area contributed by atoms with Crippen molar-refractivity contribution in [3.05, 3.63) is 17.7 Å². The second-order valence-electron chi connectivity index (χ2n) is 2.31. The van der Waals surface area contributed by atoms with Gasteiger partial charge in [-0.15, -0.1) is 0 Å². The molecule has 1 aromatic carbocycles. The van der Waals surface area contributed by atoms with Crippen LogP contribution >= 0.6 is 24.3 Å². The summed E-state index contributed by atoms with van der Waals surface area (Å²) in [5.74, 6) is 0. The molecule has 0 unspecified atom stereocenters. The van der Waals surface area contributed by atoms with E-state index in [2.05, 4.69) is 0 Å². The van der Waals surface area contributed by atoms with Gasteiger partial charge < -0.3 is 5.73 Å². The molecule has 0 aliphatic carbocycles. The van der Waals surface area contributed by atoms with Crippen LogP contribution in [-0.4, -0.2) is 0 Å². The molecule has 0 bridgehead atoms. The molecular formula is C9H13F2NS2. The monoisotopic (exact) mass is 237 g/mol. The van der Waals surface area contributed by atoms with Gasteiger partial charge in [-0.2, -0.15) is 7.77 Å². The minimum Gasteiger partial charge on any atom is -0.398 e. The summed E-state index contributed by atoms with van der Waals surface area (Å²) in [5, 5.41) is 0. The van der Waals surface area contributed by atoms with Crippen LogP contribution in [0.3, 0.4) is 0 Å². The highest BCUT2D eigenvalue weighted by molar-refractivity contribution is 7.95. The summed E-state index contributed by atoms with van der Waals surface area (Å²) in [4.78, 5) is 0.650. The Hall–Kier alpha value is -0.420. The lowest BCUT2D eigenvalue weighted by Gasteiger charge is -2.04. The Morgan fingerprint density at radius 3 is 2.14 bits per heavy atom. The van der Waals surface area contributed by atoms with Crippen molar-refractivity contribution in [2.45, 2.75) is 30.6 Å². The van der Waals surface area contributed by atoms with Crippen molar-refractivity contribution in [1.82, 2.24) is 0 Å². The molecular weight excluding hydrogens is 224 g/mol.